The van der Waals surface area contributed by atoms with E-state index in [-0.39, 0.29) is 17.9 Å². The summed E-state index contributed by atoms with van der Waals surface area (Å²) >= 11 is 0. The van der Waals surface area contributed by atoms with Crippen LogP contribution in [0.5, 0.6) is 5.75 Å². The third kappa shape index (κ3) is 5.11. The van der Waals surface area contributed by atoms with Gasteiger partial charge in [-0.05, 0) is 49.7 Å². The third-order valence-corrected chi connectivity index (χ3v) is 6.65. The second-order valence-electron chi connectivity index (χ2n) is 9.74. The molecule has 0 atom stereocenters. The highest BCUT2D eigenvalue weighted by Gasteiger charge is 2.21. The first kappa shape index (κ1) is 25.8. The van der Waals surface area contributed by atoms with Gasteiger partial charge in [0.2, 0.25) is 0 Å². The maximum absolute atomic E-state index is 13.2. The number of aromatic nitrogens is 4. The van der Waals surface area contributed by atoms with Gasteiger partial charge in [0.1, 0.15) is 11.4 Å². The number of anilines is 1. The maximum atomic E-state index is 13.2. The number of nitrogens with zero attached hydrogens (tertiary/aromatic N) is 5. The number of halogens is 2. The first-order chi connectivity index (χ1) is 18.1. The van der Waals surface area contributed by atoms with Crippen LogP contribution in [0.4, 0.5) is 14.5 Å². The van der Waals surface area contributed by atoms with Crippen LogP contribution in [-0.4, -0.2) is 57.4 Å². The zero-order chi connectivity index (χ0) is 27.0. The molecule has 5 rings (SSSR count). The molecule has 2 aromatic heterocycles. The van der Waals surface area contributed by atoms with E-state index in [1.54, 1.807) is 62.2 Å². The molecule has 3 heterocycles. The number of aliphatic hydroxyl groups is 1. The minimum atomic E-state index is -2.98. The number of benzene rings is 2. The zero-order valence-corrected chi connectivity index (χ0v) is 21.4. The lowest BCUT2D eigenvalue weighted by molar-refractivity contribution is -0.0505. The average Bonchev–Trinajstić information content (AvgIpc) is 3.13. The number of alkyl halides is 2. The molecule has 38 heavy (non-hydrogen) atoms. The second kappa shape index (κ2) is 10.1. The molecule has 11 heteroatoms. The number of rotatable bonds is 7. The monoisotopic (exact) mass is 525 g/mol. The Morgan fingerprint density at radius 1 is 1.08 bits per heavy atom. The topological polar surface area (TPSA) is 94.6 Å². The van der Waals surface area contributed by atoms with Crippen LogP contribution in [-0.2, 0) is 23.9 Å². The minimum Gasteiger partial charge on any atom is -0.434 e. The lowest BCUT2D eigenvalue weighted by Gasteiger charge is -2.29. The van der Waals surface area contributed by atoms with Crippen molar-refractivity contribution in [2.45, 2.75) is 32.6 Å². The van der Waals surface area contributed by atoms with Gasteiger partial charge in [-0.15, -0.1) is 0 Å². The fraction of sp³-hybridized carbons (Fsp3) is 0.370. The van der Waals surface area contributed by atoms with Gasteiger partial charge in [0.25, 0.3) is 5.56 Å². The Morgan fingerprint density at radius 2 is 1.79 bits per heavy atom. The first-order valence-electron chi connectivity index (χ1n) is 12.3. The Kier molecular flexibility index (Phi) is 6.89. The summed E-state index contributed by atoms with van der Waals surface area (Å²) in [6.45, 7) is 2.93. The molecule has 0 saturated carbocycles. The molecule has 1 N–H and O–H groups in total. The maximum Gasteiger partial charge on any atom is 0.387 e. The fourth-order valence-electron chi connectivity index (χ4n) is 4.62. The Balaban J connectivity index is 1.56. The molecule has 1 saturated heterocycles. The molecule has 0 unspecified atom stereocenters. The van der Waals surface area contributed by atoms with E-state index in [9.17, 15) is 18.7 Å². The van der Waals surface area contributed by atoms with Gasteiger partial charge in [0, 0.05) is 49.3 Å². The minimum absolute atomic E-state index is 0.0538. The Morgan fingerprint density at radius 3 is 2.45 bits per heavy atom. The molecule has 0 spiro atoms. The number of ether oxygens (including phenoxy) is 2. The molecule has 1 aliphatic rings. The normalized spacial score (nSPS) is 14.4. The van der Waals surface area contributed by atoms with Crippen LogP contribution < -0.4 is 15.2 Å². The van der Waals surface area contributed by atoms with Crippen molar-refractivity contribution in [2.24, 2.45) is 7.05 Å². The van der Waals surface area contributed by atoms with Gasteiger partial charge in [-0.1, -0.05) is 6.07 Å². The summed E-state index contributed by atoms with van der Waals surface area (Å²) in [6.07, 6.45) is 3.24. The van der Waals surface area contributed by atoms with Crippen LogP contribution in [0.1, 0.15) is 25.2 Å². The second-order valence-corrected chi connectivity index (χ2v) is 9.74. The highest BCUT2D eigenvalue weighted by Crippen LogP contribution is 2.30. The first-order valence-corrected chi connectivity index (χ1v) is 12.3. The Bertz CT molecular complexity index is 1500. The molecule has 1 fully saturated rings. The molecule has 2 aromatic carbocycles. The number of morpholine rings is 1. The summed E-state index contributed by atoms with van der Waals surface area (Å²) in [5, 5.41) is 10.6. The van der Waals surface area contributed by atoms with Gasteiger partial charge in [0.05, 0.1) is 30.7 Å². The predicted octanol–water partition coefficient (Wildman–Crippen LogP) is 3.51. The summed E-state index contributed by atoms with van der Waals surface area (Å²) in [7, 11) is 1.64. The molecule has 1 aliphatic heterocycles. The number of hydrogen-bond donors (Lipinski definition) is 1. The fourth-order valence-corrected chi connectivity index (χ4v) is 4.62. The third-order valence-electron chi connectivity index (χ3n) is 6.65. The highest BCUT2D eigenvalue weighted by atomic mass is 19.3. The summed E-state index contributed by atoms with van der Waals surface area (Å²) in [4.78, 5) is 23.7. The van der Waals surface area contributed by atoms with Crippen LogP contribution >= 0.6 is 0 Å². The van der Waals surface area contributed by atoms with E-state index in [0.29, 0.717) is 54.2 Å². The molecular weight excluding hydrogens is 496 g/mol. The van der Waals surface area contributed by atoms with Crippen molar-refractivity contribution in [3.63, 3.8) is 0 Å². The summed E-state index contributed by atoms with van der Waals surface area (Å²) in [5.41, 5.74) is 2.11. The molecule has 9 nitrogen and oxygen atoms in total. The number of fused-ring (bicyclic) bond motifs is 1. The van der Waals surface area contributed by atoms with Crippen molar-refractivity contribution in [1.29, 1.82) is 0 Å². The zero-order valence-electron chi connectivity index (χ0n) is 21.4. The van der Waals surface area contributed by atoms with E-state index < -0.39 is 12.2 Å². The lowest BCUT2D eigenvalue weighted by Crippen LogP contribution is -2.36. The van der Waals surface area contributed by atoms with Crippen molar-refractivity contribution in [1.82, 2.24) is 19.3 Å². The molecule has 0 amide bonds. The summed E-state index contributed by atoms with van der Waals surface area (Å²) in [5.74, 6) is 0.351. The average molecular weight is 526 g/mol. The van der Waals surface area contributed by atoms with Crippen molar-refractivity contribution < 1.29 is 23.4 Å². The quantitative estimate of drug-likeness (QED) is 0.395. The van der Waals surface area contributed by atoms with Crippen LogP contribution in [0.2, 0.25) is 0 Å². The van der Waals surface area contributed by atoms with E-state index in [1.165, 1.54) is 4.68 Å². The molecule has 4 aromatic rings. The van der Waals surface area contributed by atoms with Gasteiger partial charge in [0.15, 0.2) is 5.82 Å². The van der Waals surface area contributed by atoms with Crippen molar-refractivity contribution in [3.8, 4) is 16.9 Å². The molecule has 200 valence electrons. The Labute approximate surface area is 217 Å². The van der Waals surface area contributed by atoms with E-state index in [2.05, 4.69) is 14.9 Å². The summed E-state index contributed by atoms with van der Waals surface area (Å²) < 4.78 is 39.9. The van der Waals surface area contributed by atoms with Crippen molar-refractivity contribution in [2.75, 3.05) is 31.2 Å². The van der Waals surface area contributed by atoms with Gasteiger partial charge in [-0.3, -0.25) is 14.2 Å². The van der Waals surface area contributed by atoms with Crippen LogP contribution in [0.25, 0.3) is 22.0 Å². The van der Waals surface area contributed by atoms with Crippen LogP contribution in [0, 0.1) is 0 Å². The van der Waals surface area contributed by atoms with E-state index in [0.717, 1.165) is 11.3 Å². The van der Waals surface area contributed by atoms with E-state index >= 15 is 0 Å². The van der Waals surface area contributed by atoms with Gasteiger partial charge < -0.3 is 19.5 Å². The smallest absolute Gasteiger partial charge is 0.387 e. The predicted molar refractivity (Wildman–Crippen MR) is 139 cm³/mol. The highest BCUT2D eigenvalue weighted by molar-refractivity contribution is 5.84. The molecule has 0 bridgehead atoms. The van der Waals surface area contributed by atoms with Gasteiger partial charge in [-0.2, -0.15) is 8.78 Å². The standard InChI is InChI=1S/C27H29F2N5O4/c1-27(2,36)25-30-14-19(15-31-25)17-4-6-21-22(13-17)34(32(3)24(21)35)16-18-12-20(33-8-10-37-11-9-33)5-7-23(18)38-26(28)29/h4-7,12-15,26,36H,8-11,16H2,1-3H3. The van der Waals surface area contributed by atoms with Crippen LogP contribution in [0.3, 0.4) is 0 Å². The van der Waals surface area contributed by atoms with Crippen molar-refractivity contribution >= 4 is 16.6 Å². The van der Waals surface area contributed by atoms with Crippen LogP contribution in [0.15, 0.2) is 53.6 Å². The Hall–Kier alpha value is -3.83. The van der Waals surface area contributed by atoms with E-state index in [4.69, 9.17) is 9.47 Å². The van der Waals surface area contributed by atoms with Crippen molar-refractivity contribution in [3.05, 3.63) is 70.5 Å². The number of hydrogen-bond acceptors (Lipinski definition) is 7. The molecule has 0 aliphatic carbocycles. The van der Waals surface area contributed by atoms with Gasteiger partial charge in [-0.25, -0.2) is 9.97 Å². The lowest BCUT2D eigenvalue weighted by atomic mass is 10.1. The summed E-state index contributed by atoms with van der Waals surface area (Å²) in [6, 6.07) is 10.5. The van der Waals surface area contributed by atoms with E-state index in [1.807, 2.05) is 12.1 Å². The SMILES string of the molecule is Cn1c(=O)c2ccc(-c3cnc(C(C)(C)O)nc3)cc2n1Cc1cc(N2CCOCC2)ccc1OC(F)F. The molecule has 0 radical (unpaired) electrons. The largest absolute Gasteiger partial charge is 0.434 e. The van der Waals surface area contributed by atoms with Gasteiger partial charge >= 0.3 is 6.61 Å². The molecular formula is C27H29F2N5O4.